The number of ether oxygens (including phenoxy) is 1. The molecule has 0 spiro atoms. The molecule has 1 atom stereocenters. The average Bonchev–Trinajstić information content (AvgIpc) is 2.51. The van der Waals surface area contributed by atoms with Crippen molar-refractivity contribution in [2.45, 2.75) is 64.5 Å². The fourth-order valence-electron chi connectivity index (χ4n) is 2.66. The van der Waals surface area contributed by atoms with E-state index in [1.54, 1.807) is 0 Å². The second-order valence-electron chi connectivity index (χ2n) is 5.92. The van der Waals surface area contributed by atoms with E-state index in [0.29, 0.717) is 12.6 Å². The Kier molecular flexibility index (Phi) is 9.63. The summed E-state index contributed by atoms with van der Waals surface area (Å²) in [4.78, 5) is 14.4. The van der Waals surface area contributed by atoms with Gasteiger partial charge in [-0.3, -0.25) is 9.69 Å². The van der Waals surface area contributed by atoms with Crippen molar-refractivity contribution in [2.75, 3.05) is 32.8 Å². The van der Waals surface area contributed by atoms with Crippen LogP contribution in [0.2, 0.25) is 0 Å². The second kappa shape index (κ2) is 11.0. The van der Waals surface area contributed by atoms with Gasteiger partial charge in [0.1, 0.15) is 0 Å². The summed E-state index contributed by atoms with van der Waals surface area (Å²) in [5, 5.41) is 3.04. The number of hydrogen-bond donors (Lipinski definition) is 2. The van der Waals surface area contributed by atoms with Crippen LogP contribution in [0.3, 0.4) is 0 Å². The SMILES string of the molecule is CCCCCNC(=O)C(C)N1CCC(OCCCN)CC1. The summed E-state index contributed by atoms with van der Waals surface area (Å²) in [6.45, 7) is 8.31. The molecule has 5 heteroatoms. The Hall–Kier alpha value is -0.650. The maximum Gasteiger partial charge on any atom is 0.237 e. The van der Waals surface area contributed by atoms with Gasteiger partial charge < -0.3 is 15.8 Å². The topological polar surface area (TPSA) is 67.6 Å². The normalized spacial score (nSPS) is 18.6. The van der Waals surface area contributed by atoms with Gasteiger partial charge >= 0.3 is 0 Å². The second-order valence-corrected chi connectivity index (χ2v) is 5.92. The number of piperidine rings is 1. The molecular formula is C16H33N3O2. The minimum absolute atomic E-state index is 0.0309. The van der Waals surface area contributed by atoms with Crippen molar-refractivity contribution in [2.24, 2.45) is 5.73 Å². The van der Waals surface area contributed by atoms with E-state index in [-0.39, 0.29) is 11.9 Å². The van der Waals surface area contributed by atoms with Gasteiger partial charge in [-0.15, -0.1) is 0 Å². The number of unbranched alkanes of at least 4 members (excludes halogenated alkanes) is 2. The Morgan fingerprint density at radius 3 is 2.67 bits per heavy atom. The van der Waals surface area contributed by atoms with E-state index in [1.165, 1.54) is 12.8 Å². The van der Waals surface area contributed by atoms with Crippen LogP contribution in [0.1, 0.15) is 52.4 Å². The number of nitrogens with two attached hydrogens (primary N) is 1. The van der Waals surface area contributed by atoms with Crippen LogP contribution in [0.15, 0.2) is 0 Å². The van der Waals surface area contributed by atoms with Crippen molar-refractivity contribution in [1.29, 1.82) is 0 Å². The molecule has 1 aliphatic rings. The molecule has 1 amide bonds. The lowest BCUT2D eigenvalue weighted by molar-refractivity contribution is -0.127. The molecule has 124 valence electrons. The molecule has 3 N–H and O–H groups in total. The van der Waals surface area contributed by atoms with Crippen LogP contribution in [-0.2, 0) is 9.53 Å². The number of amides is 1. The highest BCUT2D eigenvalue weighted by Gasteiger charge is 2.26. The zero-order valence-corrected chi connectivity index (χ0v) is 13.8. The lowest BCUT2D eigenvalue weighted by atomic mass is 10.1. The molecule has 5 nitrogen and oxygen atoms in total. The average molecular weight is 299 g/mol. The number of rotatable bonds is 10. The summed E-state index contributed by atoms with van der Waals surface area (Å²) in [6, 6.07) is -0.0309. The fourth-order valence-corrected chi connectivity index (χ4v) is 2.66. The minimum atomic E-state index is -0.0309. The third-order valence-corrected chi connectivity index (χ3v) is 4.19. The van der Waals surface area contributed by atoms with Gasteiger partial charge in [0, 0.05) is 26.2 Å². The number of carbonyl (C=O) groups excluding carboxylic acids is 1. The zero-order chi connectivity index (χ0) is 15.5. The summed E-state index contributed by atoms with van der Waals surface area (Å²) in [5.74, 6) is 0.161. The molecule has 0 radical (unpaired) electrons. The smallest absolute Gasteiger partial charge is 0.237 e. The van der Waals surface area contributed by atoms with Crippen LogP contribution >= 0.6 is 0 Å². The van der Waals surface area contributed by atoms with Gasteiger partial charge in [0.25, 0.3) is 0 Å². The summed E-state index contributed by atoms with van der Waals surface area (Å²) in [6.07, 6.45) is 6.73. The van der Waals surface area contributed by atoms with Crippen molar-refractivity contribution < 1.29 is 9.53 Å². The Labute approximate surface area is 129 Å². The molecule has 0 saturated carbocycles. The maximum atomic E-state index is 12.1. The number of likely N-dealkylation sites (tertiary alicyclic amines) is 1. The molecule has 1 unspecified atom stereocenters. The Bertz CT molecular complexity index is 279. The van der Waals surface area contributed by atoms with Crippen molar-refractivity contribution in [1.82, 2.24) is 10.2 Å². The van der Waals surface area contributed by atoms with Crippen LogP contribution in [0.25, 0.3) is 0 Å². The first-order valence-electron chi connectivity index (χ1n) is 8.52. The number of hydrogen-bond acceptors (Lipinski definition) is 4. The first-order valence-corrected chi connectivity index (χ1v) is 8.52. The van der Waals surface area contributed by atoms with E-state index in [9.17, 15) is 4.79 Å². The van der Waals surface area contributed by atoms with Crippen molar-refractivity contribution >= 4 is 5.91 Å². The molecule has 1 aliphatic heterocycles. The largest absolute Gasteiger partial charge is 0.378 e. The minimum Gasteiger partial charge on any atom is -0.378 e. The highest BCUT2D eigenvalue weighted by atomic mass is 16.5. The Balaban J connectivity index is 2.18. The molecule has 1 fully saturated rings. The number of carbonyl (C=O) groups is 1. The van der Waals surface area contributed by atoms with Crippen LogP contribution in [-0.4, -0.2) is 55.7 Å². The van der Waals surface area contributed by atoms with E-state index >= 15 is 0 Å². The first-order chi connectivity index (χ1) is 10.2. The van der Waals surface area contributed by atoms with Gasteiger partial charge in [-0.05, 0) is 39.2 Å². The van der Waals surface area contributed by atoms with Crippen LogP contribution in [0.4, 0.5) is 0 Å². The highest BCUT2D eigenvalue weighted by molar-refractivity contribution is 5.81. The van der Waals surface area contributed by atoms with Gasteiger partial charge in [0.05, 0.1) is 12.1 Å². The van der Waals surface area contributed by atoms with Gasteiger partial charge in [0.2, 0.25) is 5.91 Å². The highest BCUT2D eigenvalue weighted by Crippen LogP contribution is 2.16. The summed E-state index contributed by atoms with van der Waals surface area (Å²) >= 11 is 0. The molecule has 1 rings (SSSR count). The molecule has 0 aromatic rings. The number of nitrogens with zero attached hydrogens (tertiary/aromatic N) is 1. The van der Waals surface area contributed by atoms with Gasteiger partial charge in [0.15, 0.2) is 0 Å². The molecule has 0 aromatic carbocycles. The zero-order valence-electron chi connectivity index (χ0n) is 13.8. The van der Waals surface area contributed by atoms with Crippen LogP contribution in [0, 0.1) is 0 Å². The third kappa shape index (κ3) is 7.25. The Morgan fingerprint density at radius 1 is 1.33 bits per heavy atom. The predicted molar refractivity (Wildman–Crippen MR) is 86.2 cm³/mol. The first kappa shape index (κ1) is 18.4. The third-order valence-electron chi connectivity index (χ3n) is 4.19. The van der Waals surface area contributed by atoms with E-state index < -0.39 is 0 Å². The fraction of sp³-hybridized carbons (Fsp3) is 0.938. The monoisotopic (exact) mass is 299 g/mol. The van der Waals surface area contributed by atoms with Crippen molar-refractivity contribution in [3.63, 3.8) is 0 Å². The maximum absolute atomic E-state index is 12.1. The quantitative estimate of drug-likeness (QED) is 0.600. The molecule has 0 aromatic heterocycles. The molecular weight excluding hydrogens is 266 g/mol. The van der Waals surface area contributed by atoms with E-state index in [4.69, 9.17) is 10.5 Å². The Morgan fingerprint density at radius 2 is 2.05 bits per heavy atom. The van der Waals surface area contributed by atoms with Crippen molar-refractivity contribution in [3.05, 3.63) is 0 Å². The van der Waals surface area contributed by atoms with E-state index in [1.807, 2.05) is 6.92 Å². The standard InChI is InChI=1S/C16H33N3O2/c1-3-4-5-10-18-16(20)14(2)19-11-7-15(8-12-19)21-13-6-9-17/h14-15H,3-13,17H2,1-2H3,(H,18,20). The van der Waals surface area contributed by atoms with E-state index in [2.05, 4.69) is 17.1 Å². The van der Waals surface area contributed by atoms with Crippen LogP contribution < -0.4 is 11.1 Å². The molecule has 1 saturated heterocycles. The predicted octanol–water partition coefficient (Wildman–Crippen LogP) is 1.51. The van der Waals surface area contributed by atoms with Crippen LogP contribution in [0.5, 0.6) is 0 Å². The summed E-state index contributed by atoms with van der Waals surface area (Å²) in [7, 11) is 0. The summed E-state index contributed by atoms with van der Waals surface area (Å²) in [5.41, 5.74) is 5.47. The molecule has 1 heterocycles. The molecule has 0 aliphatic carbocycles. The van der Waals surface area contributed by atoms with Gasteiger partial charge in [-0.1, -0.05) is 19.8 Å². The molecule has 21 heavy (non-hydrogen) atoms. The number of nitrogens with one attached hydrogen (secondary N) is 1. The molecule has 0 bridgehead atoms. The van der Waals surface area contributed by atoms with Gasteiger partial charge in [-0.2, -0.15) is 0 Å². The lowest BCUT2D eigenvalue weighted by Crippen LogP contribution is -2.49. The van der Waals surface area contributed by atoms with Crippen molar-refractivity contribution in [3.8, 4) is 0 Å². The lowest BCUT2D eigenvalue weighted by Gasteiger charge is -2.35. The van der Waals surface area contributed by atoms with Gasteiger partial charge in [-0.25, -0.2) is 0 Å². The van der Waals surface area contributed by atoms with E-state index in [0.717, 1.165) is 51.9 Å². The summed E-state index contributed by atoms with van der Waals surface area (Å²) < 4.78 is 5.80.